The Bertz CT molecular complexity index is 927. The van der Waals surface area contributed by atoms with Crippen molar-refractivity contribution in [2.24, 2.45) is 0 Å². The third kappa shape index (κ3) is 1.83. The van der Waals surface area contributed by atoms with E-state index in [1.807, 2.05) is 38.1 Å². The van der Waals surface area contributed by atoms with Gasteiger partial charge in [0.2, 0.25) is 5.78 Å². The molecule has 2 aromatic heterocycles. The molecule has 5 nitrogen and oxygen atoms in total. The van der Waals surface area contributed by atoms with Crippen molar-refractivity contribution < 1.29 is 0 Å². The summed E-state index contributed by atoms with van der Waals surface area (Å²) in [4.78, 5) is 17.3. The Morgan fingerprint density at radius 1 is 1.29 bits per heavy atom. The van der Waals surface area contributed by atoms with Gasteiger partial charge in [-0.2, -0.15) is 5.26 Å². The molecule has 0 fully saturated rings. The second kappa shape index (κ2) is 5.06. The lowest BCUT2D eigenvalue weighted by molar-refractivity contribution is 0.789. The van der Waals surface area contributed by atoms with E-state index in [4.69, 9.17) is 0 Å². The van der Waals surface area contributed by atoms with Crippen LogP contribution in [0.3, 0.4) is 0 Å². The molecular formula is C16H16N4O. The van der Waals surface area contributed by atoms with E-state index in [0.29, 0.717) is 24.2 Å². The summed E-state index contributed by atoms with van der Waals surface area (Å²) < 4.78 is 3.06. The van der Waals surface area contributed by atoms with Gasteiger partial charge in [-0.15, -0.1) is 0 Å². The number of benzene rings is 1. The first-order valence-corrected chi connectivity index (χ1v) is 7.17. The third-order valence-electron chi connectivity index (χ3n) is 3.76. The number of para-hydroxylation sites is 2. The highest BCUT2D eigenvalue weighted by Crippen LogP contribution is 2.18. The largest absolute Gasteiger partial charge is 0.268 e. The number of aromatic nitrogens is 3. The van der Waals surface area contributed by atoms with Crippen LogP contribution < -0.4 is 5.56 Å². The Hall–Kier alpha value is -2.61. The molecule has 0 amide bonds. The topological polar surface area (TPSA) is 63.1 Å². The molecule has 0 aliphatic carbocycles. The molecule has 21 heavy (non-hydrogen) atoms. The van der Waals surface area contributed by atoms with Crippen LogP contribution in [-0.2, 0) is 12.8 Å². The minimum Gasteiger partial charge on any atom is -0.268 e. The van der Waals surface area contributed by atoms with Crippen LogP contribution in [0.2, 0.25) is 0 Å². The third-order valence-corrected chi connectivity index (χ3v) is 3.76. The minimum absolute atomic E-state index is 0.0591. The number of hydrogen-bond acceptors (Lipinski definition) is 3. The zero-order chi connectivity index (χ0) is 15.0. The molecule has 0 radical (unpaired) electrons. The predicted molar refractivity (Wildman–Crippen MR) is 81.3 cm³/mol. The van der Waals surface area contributed by atoms with Gasteiger partial charge in [-0.25, -0.2) is 14.0 Å². The van der Waals surface area contributed by atoms with E-state index in [9.17, 15) is 10.1 Å². The van der Waals surface area contributed by atoms with E-state index in [1.165, 1.54) is 4.57 Å². The van der Waals surface area contributed by atoms with E-state index >= 15 is 0 Å². The number of imidazole rings is 1. The Labute approximate surface area is 122 Å². The number of nitriles is 1. The molecular weight excluding hydrogens is 264 g/mol. The van der Waals surface area contributed by atoms with Crippen LogP contribution in [-0.4, -0.2) is 14.0 Å². The standard InChI is InChI=1S/C16H16N4O/c1-3-7-13-11(4-2)15(21)20-14-9-6-5-8-12(14)18-16(20)19(13)10-17/h5-6,8-9H,3-4,7H2,1-2H3. The van der Waals surface area contributed by atoms with Crippen molar-refractivity contribution in [3.05, 3.63) is 45.9 Å². The fourth-order valence-corrected chi connectivity index (χ4v) is 2.84. The molecule has 2 heterocycles. The van der Waals surface area contributed by atoms with Crippen LogP contribution in [0.15, 0.2) is 29.1 Å². The van der Waals surface area contributed by atoms with E-state index in [1.54, 1.807) is 4.40 Å². The lowest BCUT2D eigenvalue weighted by Gasteiger charge is -2.11. The number of hydrogen-bond donors (Lipinski definition) is 0. The lowest BCUT2D eigenvalue weighted by Crippen LogP contribution is -2.25. The maximum atomic E-state index is 12.8. The molecule has 1 aromatic carbocycles. The molecule has 106 valence electrons. The van der Waals surface area contributed by atoms with Crippen LogP contribution in [0, 0.1) is 11.5 Å². The molecule has 3 aromatic rings. The highest BCUT2D eigenvalue weighted by molar-refractivity contribution is 5.79. The summed E-state index contributed by atoms with van der Waals surface area (Å²) in [7, 11) is 0. The van der Waals surface area contributed by atoms with Crippen LogP contribution in [0.4, 0.5) is 0 Å². The molecule has 0 spiro atoms. The summed E-state index contributed by atoms with van der Waals surface area (Å²) in [6.07, 6.45) is 4.37. The van der Waals surface area contributed by atoms with Crippen LogP contribution in [0.1, 0.15) is 31.5 Å². The molecule has 3 rings (SSSR count). The van der Waals surface area contributed by atoms with Crippen molar-refractivity contribution in [2.75, 3.05) is 0 Å². The SMILES string of the molecule is CCCc1c(CC)c(=O)n2c3ccccc3nc2n1C#N. The summed E-state index contributed by atoms with van der Waals surface area (Å²) in [5.74, 6) is 0.407. The summed E-state index contributed by atoms with van der Waals surface area (Å²) in [6.45, 7) is 3.99. The highest BCUT2D eigenvalue weighted by atomic mass is 16.1. The smallest absolute Gasteiger partial charge is 0.263 e. The maximum absolute atomic E-state index is 12.8. The predicted octanol–water partition coefficient (Wildman–Crippen LogP) is 2.49. The van der Waals surface area contributed by atoms with Gasteiger partial charge in [0.1, 0.15) is 0 Å². The average Bonchev–Trinajstić information content (AvgIpc) is 2.87. The lowest BCUT2D eigenvalue weighted by atomic mass is 10.1. The minimum atomic E-state index is -0.0591. The number of fused-ring (bicyclic) bond motifs is 3. The van der Waals surface area contributed by atoms with Crippen molar-refractivity contribution in [1.82, 2.24) is 14.0 Å². The summed E-state index contributed by atoms with van der Waals surface area (Å²) in [5.41, 5.74) is 2.91. The molecule has 0 bridgehead atoms. The van der Waals surface area contributed by atoms with E-state index in [-0.39, 0.29) is 5.56 Å². The van der Waals surface area contributed by atoms with E-state index in [2.05, 4.69) is 11.2 Å². The van der Waals surface area contributed by atoms with Gasteiger partial charge in [-0.1, -0.05) is 32.4 Å². The molecule has 0 saturated heterocycles. The molecule has 0 unspecified atom stereocenters. The van der Waals surface area contributed by atoms with E-state index < -0.39 is 0 Å². The monoisotopic (exact) mass is 280 g/mol. The Balaban J connectivity index is 2.59. The quantitative estimate of drug-likeness (QED) is 0.740. The fourth-order valence-electron chi connectivity index (χ4n) is 2.84. The first kappa shape index (κ1) is 13.4. The average molecular weight is 280 g/mol. The molecule has 0 aliphatic rings. The molecule has 0 atom stereocenters. The summed E-state index contributed by atoms with van der Waals surface area (Å²) >= 11 is 0. The first-order chi connectivity index (χ1) is 10.2. The first-order valence-electron chi connectivity index (χ1n) is 7.17. The normalized spacial score (nSPS) is 11.1. The van der Waals surface area contributed by atoms with Gasteiger partial charge in [-0.3, -0.25) is 4.79 Å². The van der Waals surface area contributed by atoms with Crippen LogP contribution in [0.25, 0.3) is 16.8 Å². The van der Waals surface area contributed by atoms with Crippen molar-refractivity contribution in [3.63, 3.8) is 0 Å². The van der Waals surface area contributed by atoms with Gasteiger partial charge >= 0.3 is 0 Å². The Morgan fingerprint density at radius 2 is 2.05 bits per heavy atom. The second-order valence-electron chi connectivity index (χ2n) is 5.01. The molecule has 0 aliphatic heterocycles. The van der Waals surface area contributed by atoms with Crippen molar-refractivity contribution in [3.8, 4) is 6.19 Å². The van der Waals surface area contributed by atoms with Crippen LogP contribution >= 0.6 is 0 Å². The van der Waals surface area contributed by atoms with Crippen LogP contribution in [0.5, 0.6) is 0 Å². The van der Waals surface area contributed by atoms with Crippen molar-refractivity contribution in [1.29, 1.82) is 5.26 Å². The fraction of sp³-hybridized carbons (Fsp3) is 0.312. The zero-order valence-corrected chi connectivity index (χ0v) is 12.1. The molecule has 0 saturated carbocycles. The Kier molecular flexibility index (Phi) is 3.22. The summed E-state index contributed by atoms with van der Waals surface area (Å²) in [6, 6.07) is 7.47. The Morgan fingerprint density at radius 3 is 2.71 bits per heavy atom. The van der Waals surface area contributed by atoms with Crippen molar-refractivity contribution >= 4 is 16.8 Å². The highest BCUT2D eigenvalue weighted by Gasteiger charge is 2.18. The van der Waals surface area contributed by atoms with Gasteiger partial charge in [0.05, 0.1) is 11.0 Å². The van der Waals surface area contributed by atoms with Gasteiger partial charge in [0.15, 0.2) is 6.19 Å². The maximum Gasteiger partial charge on any atom is 0.263 e. The van der Waals surface area contributed by atoms with Gasteiger partial charge in [0.25, 0.3) is 5.56 Å². The number of nitrogens with zero attached hydrogens (tertiary/aromatic N) is 4. The van der Waals surface area contributed by atoms with Crippen molar-refractivity contribution in [2.45, 2.75) is 33.1 Å². The number of rotatable bonds is 3. The van der Waals surface area contributed by atoms with Gasteiger partial charge in [-0.05, 0) is 25.0 Å². The second-order valence-corrected chi connectivity index (χ2v) is 5.01. The summed E-state index contributed by atoms with van der Waals surface area (Å²) in [5, 5.41) is 9.54. The van der Waals surface area contributed by atoms with Gasteiger partial charge < -0.3 is 0 Å². The molecule has 5 heteroatoms. The van der Waals surface area contributed by atoms with Gasteiger partial charge in [0, 0.05) is 11.3 Å². The zero-order valence-electron chi connectivity index (χ0n) is 12.1. The van der Waals surface area contributed by atoms with E-state index in [0.717, 1.165) is 23.1 Å². The molecule has 0 N–H and O–H groups in total.